The fourth-order valence-electron chi connectivity index (χ4n) is 2.76. The van der Waals surface area contributed by atoms with Crippen LogP contribution < -0.4 is 16.4 Å². The van der Waals surface area contributed by atoms with E-state index < -0.39 is 5.91 Å². The standard InChI is InChI=1S/C16H23N3O2S2/c1-3-4-5-12(20)18-16(22)19-15-13(14(17)21)10-7-6-9(2)8-11(10)23-15/h9H,3-8H2,1-2H3,(H2,17,21)(H2,18,19,20,22)/t9-/m0/s1. The number of unbranched alkanes of at least 4 members (excludes halogenated alkanes) is 1. The number of carbonyl (C=O) groups is 2. The van der Waals surface area contributed by atoms with Crippen molar-refractivity contribution < 1.29 is 9.59 Å². The molecule has 0 aliphatic heterocycles. The first-order chi connectivity index (χ1) is 10.9. The molecule has 0 radical (unpaired) electrons. The lowest BCUT2D eigenvalue weighted by Gasteiger charge is -2.18. The number of anilines is 1. The molecule has 0 unspecified atom stereocenters. The van der Waals surface area contributed by atoms with Gasteiger partial charge < -0.3 is 16.4 Å². The number of amides is 2. The number of rotatable bonds is 5. The molecule has 4 N–H and O–H groups in total. The predicted octanol–water partition coefficient (Wildman–Crippen LogP) is 2.98. The zero-order valence-corrected chi connectivity index (χ0v) is 15.2. The first-order valence-corrected chi connectivity index (χ1v) is 9.20. The minimum atomic E-state index is -0.445. The minimum Gasteiger partial charge on any atom is -0.365 e. The molecule has 0 aromatic carbocycles. The summed E-state index contributed by atoms with van der Waals surface area (Å²) in [5, 5.41) is 6.52. The van der Waals surface area contributed by atoms with E-state index in [1.165, 1.54) is 16.2 Å². The summed E-state index contributed by atoms with van der Waals surface area (Å²) in [6.45, 7) is 4.23. The van der Waals surface area contributed by atoms with Gasteiger partial charge in [-0.2, -0.15) is 0 Å². The van der Waals surface area contributed by atoms with Crippen molar-refractivity contribution in [2.75, 3.05) is 5.32 Å². The Bertz CT molecular complexity index is 625. The second kappa shape index (κ2) is 7.88. The van der Waals surface area contributed by atoms with E-state index in [2.05, 4.69) is 17.6 Å². The third-order valence-electron chi connectivity index (χ3n) is 4.00. The van der Waals surface area contributed by atoms with Crippen LogP contribution in [0.15, 0.2) is 0 Å². The molecule has 7 heteroatoms. The third kappa shape index (κ3) is 4.51. The number of hydrogen-bond donors (Lipinski definition) is 3. The van der Waals surface area contributed by atoms with Crippen molar-refractivity contribution in [1.29, 1.82) is 0 Å². The van der Waals surface area contributed by atoms with E-state index in [-0.39, 0.29) is 11.0 Å². The summed E-state index contributed by atoms with van der Waals surface area (Å²) in [4.78, 5) is 24.8. The van der Waals surface area contributed by atoms with Crippen molar-refractivity contribution >= 4 is 45.5 Å². The molecule has 2 rings (SSSR count). The molecule has 2 amide bonds. The Morgan fingerprint density at radius 2 is 2.17 bits per heavy atom. The van der Waals surface area contributed by atoms with Gasteiger partial charge in [-0.1, -0.05) is 20.3 Å². The second-order valence-electron chi connectivity index (χ2n) is 6.03. The van der Waals surface area contributed by atoms with Gasteiger partial charge in [0, 0.05) is 11.3 Å². The van der Waals surface area contributed by atoms with Crippen LogP contribution in [-0.2, 0) is 17.6 Å². The van der Waals surface area contributed by atoms with E-state index in [0.29, 0.717) is 22.9 Å². The SMILES string of the molecule is CCCCC(=O)NC(=S)Nc1sc2c(c1C(N)=O)CC[C@H](C)C2. The summed E-state index contributed by atoms with van der Waals surface area (Å²) in [7, 11) is 0. The summed E-state index contributed by atoms with van der Waals surface area (Å²) >= 11 is 6.70. The zero-order valence-electron chi connectivity index (χ0n) is 13.5. The number of hydrogen-bond acceptors (Lipinski definition) is 4. The van der Waals surface area contributed by atoms with Gasteiger partial charge in [0.15, 0.2) is 5.11 Å². The lowest BCUT2D eigenvalue weighted by molar-refractivity contribution is -0.119. The number of thiocarbonyl (C=S) groups is 1. The van der Waals surface area contributed by atoms with Crippen molar-refractivity contribution in [2.45, 2.75) is 52.4 Å². The number of thiophene rings is 1. The monoisotopic (exact) mass is 353 g/mol. The average Bonchev–Trinajstić information content (AvgIpc) is 2.81. The van der Waals surface area contributed by atoms with Crippen LogP contribution in [0.25, 0.3) is 0 Å². The first kappa shape index (κ1) is 17.9. The van der Waals surface area contributed by atoms with Gasteiger partial charge in [-0.05, 0) is 49.4 Å². The Hall–Kier alpha value is -1.47. The van der Waals surface area contributed by atoms with E-state index in [4.69, 9.17) is 18.0 Å². The molecular formula is C16H23N3O2S2. The van der Waals surface area contributed by atoms with Crippen LogP contribution in [0.4, 0.5) is 5.00 Å². The number of nitrogens with one attached hydrogen (secondary N) is 2. The molecule has 0 saturated carbocycles. The van der Waals surface area contributed by atoms with E-state index in [1.54, 1.807) is 0 Å². The first-order valence-electron chi connectivity index (χ1n) is 7.97. The molecule has 0 saturated heterocycles. The van der Waals surface area contributed by atoms with Gasteiger partial charge in [0.05, 0.1) is 5.56 Å². The van der Waals surface area contributed by atoms with E-state index in [0.717, 1.165) is 37.7 Å². The third-order valence-corrected chi connectivity index (χ3v) is 5.37. The van der Waals surface area contributed by atoms with Gasteiger partial charge in [0.1, 0.15) is 5.00 Å². The largest absolute Gasteiger partial charge is 0.365 e. The molecule has 126 valence electrons. The molecule has 1 aromatic heterocycles. The molecule has 1 heterocycles. The summed E-state index contributed by atoms with van der Waals surface area (Å²) in [6, 6.07) is 0. The Kier molecular flexibility index (Phi) is 6.12. The fraction of sp³-hybridized carbons (Fsp3) is 0.562. The van der Waals surface area contributed by atoms with Crippen molar-refractivity contribution in [3.63, 3.8) is 0 Å². The van der Waals surface area contributed by atoms with Crippen LogP contribution in [0.2, 0.25) is 0 Å². The van der Waals surface area contributed by atoms with E-state index in [1.807, 2.05) is 6.92 Å². The number of carbonyl (C=O) groups excluding carboxylic acids is 2. The van der Waals surface area contributed by atoms with Crippen LogP contribution >= 0.6 is 23.6 Å². The Morgan fingerprint density at radius 3 is 2.83 bits per heavy atom. The zero-order chi connectivity index (χ0) is 17.0. The normalized spacial score (nSPS) is 16.5. The Morgan fingerprint density at radius 1 is 1.43 bits per heavy atom. The Labute approximate surface area is 146 Å². The molecule has 1 aliphatic rings. The van der Waals surface area contributed by atoms with Gasteiger partial charge in [-0.15, -0.1) is 11.3 Å². The van der Waals surface area contributed by atoms with Crippen molar-refractivity contribution in [3.8, 4) is 0 Å². The number of primary amides is 1. The highest BCUT2D eigenvalue weighted by atomic mass is 32.1. The molecular weight excluding hydrogens is 330 g/mol. The lowest BCUT2D eigenvalue weighted by atomic mass is 9.88. The van der Waals surface area contributed by atoms with Gasteiger partial charge in [-0.25, -0.2) is 0 Å². The molecule has 5 nitrogen and oxygen atoms in total. The van der Waals surface area contributed by atoms with Crippen LogP contribution in [0.3, 0.4) is 0 Å². The van der Waals surface area contributed by atoms with Crippen LogP contribution in [-0.4, -0.2) is 16.9 Å². The van der Waals surface area contributed by atoms with Crippen LogP contribution in [0, 0.1) is 5.92 Å². The molecule has 0 fully saturated rings. The van der Waals surface area contributed by atoms with Crippen molar-refractivity contribution in [3.05, 3.63) is 16.0 Å². The lowest BCUT2D eigenvalue weighted by Crippen LogP contribution is -2.34. The minimum absolute atomic E-state index is 0.111. The van der Waals surface area contributed by atoms with Gasteiger partial charge in [0.2, 0.25) is 5.91 Å². The van der Waals surface area contributed by atoms with Gasteiger partial charge >= 0.3 is 0 Å². The summed E-state index contributed by atoms with van der Waals surface area (Å²) in [6.07, 6.45) is 5.10. The molecule has 1 aliphatic carbocycles. The van der Waals surface area contributed by atoms with Gasteiger partial charge in [0.25, 0.3) is 5.91 Å². The van der Waals surface area contributed by atoms with Gasteiger partial charge in [-0.3, -0.25) is 9.59 Å². The van der Waals surface area contributed by atoms with Crippen molar-refractivity contribution in [2.24, 2.45) is 11.7 Å². The topological polar surface area (TPSA) is 84.2 Å². The summed E-state index contributed by atoms with van der Waals surface area (Å²) in [5.41, 5.74) is 7.13. The highest BCUT2D eigenvalue weighted by Crippen LogP contribution is 2.39. The summed E-state index contributed by atoms with van der Waals surface area (Å²) in [5.74, 6) is 0.0509. The maximum Gasteiger partial charge on any atom is 0.251 e. The smallest absolute Gasteiger partial charge is 0.251 e. The molecule has 1 atom stereocenters. The maximum atomic E-state index is 11.8. The average molecular weight is 354 g/mol. The molecule has 0 bridgehead atoms. The van der Waals surface area contributed by atoms with E-state index in [9.17, 15) is 9.59 Å². The van der Waals surface area contributed by atoms with Crippen LogP contribution in [0.1, 0.15) is 60.3 Å². The van der Waals surface area contributed by atoms with E-state index >= 15 is 0 Å². The quantitative estimate of drug-likeness (QED) is 0.711. The molecule has 1 aromatic rings. The summed E-state index contributed by atoms with van der Waals surface area (Å²) < 4.78 is 0. The van der Waals surface area contributed by atoms with Crippen molar-refractivity contribution in [1.82, 2.24) is 5.32 Å². The predicted molar refractivity (Wildman–Crippen MR) is 97.9 cm³/mol. The fourth-order valence-corrected chi connectivity index (χ4v) is 4.46. The number of nitrogens with two attached hydrogens (primary N) is 1. The highest BCUT2D eigenvalue weighted by molar-refractivity contribution is 7.80. The molecule has 23 heavy (non-hydrogen) atoms. The maximum absolute atomic E-state index is 11.8. The highest BCUT2D eigenvalue weighted by Gasteiger charge is 2.26. The van der Waals surface area contributed by atoms with Crippen LogP contribution in [0.5, 0.6) is 0 Å². The number of fused-ring (bicyclic) bond motifs is 1. The second-order valence-corrected chi connectivity index (χ2v) is 7.54. The Balaban J connectivity index is 2.12. The molecule has 0 spiro atoms.